The minimum atomic E-state index is -0.848. The van der Waals surface area contributed by atoms with Crippen LogP contribution < -0.4 is 25.2 Å². The number of furan rings is 1. The van der Waals surface area contributed by atoms with Crippen molar-refractivity contribution < 1.29 is 18.7 Å². The number of esters is 1. The fourth-order valence-electron chi connectivity index (χ4n) is 5.46. The summed E-state index contributed by atoms with van der Waals surface area (Å²) >= 11 is 5.88. The molecule has 13 heteroatoms. The number of benzene rings is 2. The first-order valence-corrected chi connectivity index (χ1v) is 17.0. The molecule has 0 fully saturated rings. The van der Waals surface area contributed by atoms with Crippen LogP contribution in [-0.4, -0.2) is 34.2 Å². The number of aryl methyl sites for hydroxylation is 1. The Labute approximate surface area is 279 Å². The Morgan fingerprint density at radius 1 is 1.20 bits per heavy atom. The van der Waals surface area contributed by atoms with Crippen molar-refractivity contribution in [3.8, 4) is 5.75 Å². The van der Waals surface area contributed by atoms with E-state index >= 15 is 0 Å². The van der Waals surface area contributed by atoms with Gasteiger partial charge in [0.05, 0.1) is 34.0 Å². The number of ether oxygens (including phenoxy) is 2. The van der Waals surface area contributed by atoms with E-state index in [9.17, 15) is 14.4 Å². The number of nitrogens with one attached hydrogen (secondary N) is 1. The maximum absolute atomic E-state index is 14.3. The van der Waals surface area contributed by atoms with Crippen molar-refractivity contribution in [3.05, 3.63) is 111 Å². The van der Waals surface area contributed by atoms with Gasteiger partial charge in [-0.1, -0.05) is 55.0 Å². The van der Waals surface area contributed by atoms with Crippen LogP contribution in [0.4, 0.5) is 0 Å². The number of nitrogens with zero attached hydrogens (tertiary/aromatic N) is 3. The monoisotopic (exact) mass is 720 g/mol. The van der Waals surface area contributed by atoms with Crippen molar-refractivity contribution in [3.63, 3.8) is 0 Å². The number of fused-ring (bicyclic) bond motifs is 2. The predicted molar refractivity (Wildman–Crippen MR) is 180 cm³/mol. The summed E-state index contributed by atoms with van der Waals surface area (Å²) in [6, 6.07) is 13.9. The SMILES string of the molecule is CCCC1=C(C(=O)OCC)[C@@H](c2c(OC)ccc3ccccc23)n2c(s/c(=C/c3cc(Br)c(Sc4nc(C)cc(=O)[nH]4)o3)c2=O)=N1. The summed E-state index contributed by atoms with van der Waals surface area (Å²) in [4.78, 5) is 52.3. The first-order chi connectivity index (χ1) is 22.2. The Hall–Kier alpha value is -4.20. The number of aromatic nitrogens is 3. The van der Waals surface area contributed by atoms with E-state index in [0.29, 0.717) is 64.5 Å². The first-order valence-electron chi connectivity index (χ1n) is 14.5. The van der Waals surface area contributed by atoms with Gasteiger partial charge in [-0.25, -0.2) is 14.8 Å². The molecule has 1 aliphatic rings. The van der Waals surface area contributed by atoms with Crippen LogP contribution in [0.3, 0.4) is 0 Å². The van der Waals surface area contributed by atoms with Crippen LogP contribution in [0.2, 0.25) is 0 Å². The average molecular weight is 722 g/mol. The molecular weight excluding hydrogens is 692 g/mol. The standard InChI is InChI=1S/C33H29BrN4O6S2/c1-5-9-22-27(30(41)43-6-2)28(26-20-11-8-7-10-18(20)12-13-23(26)42-4)38-29(40)24(45-33(38)36-22)16-19-15-21(34)31(44-19)46-32-35-17(3)14-25(39)37-32/h7-8,10-16,28H,5-6,9H2,1-4H3,(H,35,37,39)/b24-16+/t28-/m1/s1. The number of hydrogen-bond donors (Lipinski definition) is 1. The summed E-state index contributed by atoms with van der Waals surface area (Å²) in [5.41, 5.74) is 1.55. The molecule has 0 aliphatic carbocycles. The molecule has 236 valence electrons. The van der Waals surface area contributed by atoms with E-state index in [-0.39, 0.29) is 17.7 Å². The van der Waals surface area contributed by atoms with E-state index in [4.69, 9.17) is 18.9 Å². The molecule has 3 aromatic heterocycles. The van der Waals surface area contributed by atoms with E-state index in [2.05, 4.69) is 25.9 Å². The lowest BCUT2D eigenvalue weighted by molar-refractivity contribution is -0.139. The van der Waals surface area contributed by atoms with Crippen LogP contribution in [0, 0.1) is 6.92 Å². The van der Waals surface area contributed by atoms with Crippen molar-refractivity contribution in [1.29, 1.82) is 0 Å². The smallest absolute Gasteiger partial charge is 0.338 e. The number of carbonyl (C=O) groups is 1. The molecule has 0 saturated carbocycles. The van der Waals surface area contributed by atoms with Gasteiger partial charge in [0.15, 0.2) is 15.1 Å². The molecule has 0 spiro atoms. The Morgan fingerprint density at radius 2 is 2.00 bits per heavy atom. The minimum Gasteiger partial charge on any atom is -0.496 e. The molecule has 1 N–H and O–H groups in total. The molecule has 10 nitrogen and oxygen atoms in total. The zero-order valence-corrected chi connectivity index (χ0v) is 28.6. The summed E-state index contributed by atoms with van der Waals surface area (Å²) < 4.78 is 20.0. The summed E-state index contributed by atoms with van der Waals surface area (Å²) in [6.45, 7) is 5.68. The number of thiazole rings is 1. The van der Waals surface area contributed by atoms with Gasteiger partial charge >= 0.3 is 5.97 Å². The van der Waals surface area contributed by atoms with Gasteiger partial charge in [0.1, 0.15) is 17.6 Å². The lowest BCUT2D eigenvalue weighted by Gasteiger charge is -2.28. The largest absolute Gasteiger partial charge is 0.496 e. The topological polar surface area (TPSA) is 129 Å². The molecule has 6 rings (SSSR count). The Bertz CT molecular complexity index is 2270. The third kappa shape index (κ3) is 6.02. The maximum Gasteiger partial charge on any atom is 0.338 e. The minimum absolute atomic E-state index is 0.172. The summed E-state index contributed by atoms with van der Waals surface area (Å²) in [7, 11) is 1.57. The molecule has 2 aromatic carbocycles. The highest BCUT2D eigenvalue weighted by Crippen LogP contribution is 2.41. The number of methoxy groups -OCH3 is 1. The van der Waals surface area contributed by atoms with Gasteiger partial charge in [-0.05, 0) is 70.9 Å². The number of halogens is 1. The maximum atomic E-state index is 14.3. The van der Waals surface area contributed by atoms with Gasteiger partial charge in [0.2, 0.25) is 0 Å². The average Bonchev–Trinajstić information content (AvgIpc) is 3.52. The number of carbonyl (C=O) groups excluding carboxylic acids is 1. The Balaban J connectivity index is 1.56. The Morgan fingerprint density at radius 3 is 2.74 bits per heavy atom. The van der Waals surface area contributed by atoms with Crippen molar-refractivity contribution >= 4 is 61.8 Å². The van der Waals surface area contributed by atoms with Gasteiger partial charge in [-0.15, -0.1) is 0 Å². The third-order valence-corrected chi connectivity index (χ3v) is 10.0. The molecule has 1 aliphatic heterocycles. The summed E-state index contributed by atoms with van der Waals surface area (Å²) in [6.07, 6.45) is 2.90. The van der Waals surface area contributed by atoms with Crippen molar-refractivity contribution in [2.45, 2.75) is 49.9 Å². The normalized spacial score (nSPS) is 14.8. The van der Waals surface area contributed by atoms with Gasteiger partial charge in [0.25, 0.3) is 11.1 Å². The zero-order chi connectivity index (χ0) is 32.5. The fraction of sp³-hybridized carbons (Fsp3) is 0.242. The first kappa shape index (κ1) is 31.8. The summed E-state index contributed by atoms with van der Waals surface area (Å²) in [5, 5.41) is 2.62. The van der Waals surface area contributed by atoms with Crippen molar-refractivity contribution in [2.75, 3.05) is 13.7 Å². The lowest BCUT2D eigenvalue weighted by atomic mass is 9.90. The van der Waals surface area contributed by atoms with Crippen LogP contribution in [-0.2, 0) is 9.53 Å². The fourth-order valence-corrected chi connectivity index (χ4v) is 7.82. The molecule has 5 aromatic rings. The number of aromatic amines is 1. The third-order valence-electron chi connectivity index (χ3n) is 7.30. The van der Waals surface area contributed by atoms with Crippen LogP contribution in [0.1, 0.15) is 49.7 Å². The van der Waals surface area contributed by atoms with Gasteiger partial charge in [-0.3, -0.25) is 14.2 Å². The second kappa shape index (κ2) is 13.3. The summed E-state index contributed by atoms with van der Waals surface area (Å²) in [5.74, 6) is 0.424. The van der Waals surface area contributed by atoms with Crippen LogP contribution in [0.5, 0.6) is 5.75 Å². The highest BCUT2D eigenvalue weighted by Gasteiger charge is 2.37. The second-order valence-corrected chi connectivity index (χ2v) is 13.2. The molecule has 46 heavy (non-hydrogen) atoms. The van der Waals surface area contributed by atoms with Crippen LogP contribution >= 0.6 is 39.0 Å². The van der Waals surface area contributed by atoms with Crippen LogP contribution in [0.25, 0.3) is 16.8 Å². The van der Waals surface area contributed by atoms with Crippen molar-refractivity contribution in [1.82, 2.24) is 14.5 Å². The number of allylic oxidation sites excluding steroid dienone is 1. The molecular formula is C33H29BrN4O6S2. The number of hydrogen-bond acceptors (Lipinski definition) is 10. The number of H-pyrrole nitrogens is 1. The highest BCUT2D eigenvalue weighted by atomic mass is 79.9. The van der Waals surface area contributed by atoms with Crippen molar-refractivity contribution in [2.24, 2.45) is 4.99 Å². The van der Waals surface area contributed by atoms with Gasteiger partial charge in [0, 0.05) is 23.4 Å². The van der Waals surface area contributed by atoms with E-state index < -0.39 is 12.0 Å². The van der Waals surface area contributed by atoms with Gasteiger partial charge < -0.3 is 18.9 Å². The highest BCUT2D eigenvalue weighted by molar-refractivity contribution is 9.10. The molecule has 0 unspecified atom stereocenters. The molecule has 0 saturated heterocycles. The van der Waals surface area contributed by atoms with E-state index in [0.717, 1.165) is 29.0 Å². The van der Waals surface area contributed by atoms with Crippen LogP contribution in [0.15, 0.2) is 93.5 Å². The predicted octanol–water partition coefficient (Wildman–Crippen LogP) is 5.64. The number of rotatable bonds is 9. The van der Waals surface area contributed by atoms with E-state index in [1.807, 2.05) is 43.3 Å². The second-order valence-electron chi connectivity index (χ2n) is 10.4. The van der Waals surface area contributed by atoms with Gasteiger partial charge in [-0.2, -0.15) is 0 Å². The molecule has 4 heterocycles. The van der Waals surface area contributed by atoms with E-state index in [1.54, 1.807) is 37.7 Å². The quantitative estimate of drug-likeness (QED) is 0.153. The lowest BCUT2D eigenvalue weighted by Crippen LogP contribution is -2.40. The molecule has 0 bridgehead atoms. The molecule has 1 atom stereocenters. The molecule has 0 radical (unpaired) electrons. The Kier molecular flexibility index (Phi) is 9.16. The van der Waals surface area contributed by atoms with E-state index in [1.165, 1.54) is 17.4 Å². The molecule has 0 amide bonds. The zero-order valence-electron chi connectivity index (χ0n) is 25.4.